The van der Waals surface area contributed by atoms with E-state index in [9.17, 15) is 0 Å². The molecular formula is C12H19N3OS. The Morgan fingerprint density at radius 3 is 2.82 bits per heavy atom. The Labute approximate surface area is 108 Å². The van der Waals surface area contributed by atoms with Gasteiger partial charge in [0.2, 0.25) is 0 Å². The molecule has 0 amide bonds. The molecule has 1 rings (SSSR count). The summed E-state index contributed by atoms with van der Waals surface area (Å²) in [6, 6.07) is 2.02. The van der Waals surface area contributed by atoms with Crippen LogP contribution >= 0.6 is 12.2 Å². The van der Waals surface area contributed by atoms with Crippen LogP contribution in [0.5, 0.6) is 0 Å². The minimum absolute atomic E-state index is 0.206. The number of pyridine rings is 1. The summed E-state index contributed by atoms with van der Waals surface area (Å²) in [5.41, 5.74) is 7.35. The molecule has 1 aromatic heterocycles. The van der Waals surface area contributed by atoms with E-state index in [2.05, 4.69) is 24.1 Å². The quantitative estimate of drug-likeness (QED) is 0.757. The first-order valence-electron chi connectivity index (χ1n) is 5.55. The number of hydrogen-bond acceptors (Lipinski definition) is 4. The second-order valence-corrected chi connectivity index (χ2v) is 4.68. The minimum Gasteiger partial charge on any atom is -0.389 e. The standard InChI is InChI=1S/C12H19N3OS/c1-8(2)11(7-16-3)15-10-6-14-5-4-9(10)12(13)17/h4-6,8,11,15H,7H2,1-3H3,(H2,13,17). The van der Waals surface area contributed by atoms with E-state index in [0.717, 1.165) is 11.3 Å². The van der Waals surface area contributed by atoms with Gasteiger partial charge in [-0.25, -0.2) is 0 Å². The molecule has 0 bridgehead atoms. The molecule has 0 aliphatic heterocycles. The predicted molar refractivity (Wildman–Crippen MR) is 74.2 cm³/mol. The summed E-state index contributed by atoms with van der Waals surface area (Å²) in [6.07, 6.45) is 3.42. The highest BCUT2D eigenvalue weighted by molar-refractivity contribution is 7.80. The molecule has 1 aromatic rings. The number of aromatic nitrogens is 1. The van der Waals surface area contributed by atoms with Crippen LogP contribution in [0.3, 0.4) is 0 Å². The molecular weight excluding hydrogens is 234 g/mol. The molecule has 0 spiro atoms. The maximum absolute atomic E-state index is 5.67. The van der Waals surface area contributed by atoms with Gasteiger partial charge in [0.1, 0.15) is 4.99 Å². The van der Waals surface area contributed by atoms with Crippen molar-refractivity contribution in [1.29, 1.82) is 0 Å². The van der Waals surface area contributed by atoms with E-state index in [-0.39, 0.29) is 6.04 Å². The molecule has 1 unspecified atom stereocenters. The Bertz CT molecular complexity index is 382. The van der Waals surface area contributed by atoms with Gasteiger partial charge in [0.15, 0.2) is 0 Å². The first-order valence-corrected chi connectivity index (χ1v) is 5.96. The summed E-state index contributed by atoms with van der Waals surface area (Å²) in [5.74, 6) is 0.439. The van der Waals surface area contributed by atoms with E-state index in [1.165, 1.54) is 0 Å². The summed E-state index contributed by atoms with van der Waals surface area (Å²) in [5, 5.41) is 3.37. The lowest BCUT2D eigenvalue weighted by molar-refractivity contribution is 0.171. The summed E-state index contributed by atoms with van der Waals surface area (Å²) < 4.78 is 5.19. The van der Waals surface area contributed by atoms with Crippen molar-refractivity contribution in [3.63, 3.8) is 0 Å². The van der Waals surface area contributed by atoms with Gasteiger partial charge >= 0.3 is 0 Å². The molecule has 0 saturated carbocycles. The van der Waals surface area contributed by atoms with E-state index in [4.69, 9.17) is 22.7 Å². The maximum atomic E-state index is 5.67. The Hall–Kier alpha value is -1.20. The van der Waals surface area contributed by atoms with Crippen LogP contribution in [0.1, 0.15) is 19.4 Å². The molecule has 5 heteroatoms. The number of hydrogen-bond donors (Lipinski definition) is 2. The largest absolute Gasteiger partial charge is 0.389 e. The molecule has 3 N–H and O–H groups in total. The van der Waals surface area contributed by atoms with E-state index >= 15 is 0 Å². The van der Waals surface area contributed by atoms with Crippen molar-refractivity contribution < 1.29 is 4.74 Å². The molecule has 17 heavy (non-hydrogen) atoms. The molecule has 0 aliphatic carbocycles. The Kier molecular flexibility index (Phi) is 5.31. The van der Waals surface area contributed by atoms with Crippen molar-refractivity contribution in [1.82, 2.24) is 4.98 Å². The fraction of sp³-hybridized carbons (Fsp3) is 0.500. The second-order valence-electron chi connectivity index (χ2n) is 4.24. The molecule has 0 fully saturated rings. The third kappa shape index (κ3) is 3.94. The average molecular weight is 253 g/mol. The lowest BCUT2D eigenvalue weighted by Gasteiger charge is -2.23. The van der Waals surface area contributed by atoms with Crippen molar-refractivity contribution in [3.8, 4) is 0 Å². The fourth-order valence-corrected chi connectivity index (χ4v) is 1.68. The molecule has 94 valence electrons. The van der Waals surface area contributed by atoms with Gasteiger partial charge in [0.25, 0.3) is 0 Å². The molecule has 1 atom stereocenters. The van der Waals surface area contributed by atoms with Gasteiger partial charge in [-0.1, -0.05) is 26.1 Å². The molecule has 0 radical (unpaired) electrons. The first-order chi connectivity index (χ1) is 8.06. The number of thiocarbonyl (C=S) groups is 1. The van der Waals surface area contributed by atoms with Crippen LogP contribution in [0.25, 0.3) is 0 Å². The zero-order chi connectivity index (χ0) is 12.8. The second kappa shape index (κ2) is 6.51. The van der Waals surface area contributed by atoms with Crippen molar-refractivity contribution in [3.05, 3.63) is 24.0 Å². The van der Waals surface area contributed by atoms with Crippen molar-refractivity contribution in [2.45, 2.75) is 19.9 Å². The van der Waals surface area contributed by atoms with Gasteiger partial charge in [0.05, 0.1) is 24.5 Å². The van der Waals surface area contributed by atoms with Gasteiger partial charge in [-0.05, 0) is 12.0 Å². The van der Waals surface area contributed by atoms with Crippen LogP contribution in [-0.4, -0.2) is 29.7 Å². The molecule has 0 aliphatic rings. The number of anilines is 1. The molecule has 0 saturated heterocycles. The van der Waals surface area contributed by atoms with Gasteiger partial charge in [0, 0.05) is 18.9 Å². The highest BCUT2D eigenvalue weighted by atomic mass is 32.1. The highest BCUT2D eigenvalue weighted by Crippen LogP contribution is 2.17. The Morgan fingerprint density at radius 1 is 1.59 bits per heavy atom. The van der Waals surface area contributed by atoms with Crippen LogP contribution in [0, 0.1) is 5.92 Å². The monoisotopic (exact) mass is 253 g/mol. The van der Waals surface area contributed by atoms with Crippen molar-refractivity contribution >= 4 is 22.9 Å². The van der Waals surface area contributed by atoms with Gasteiger partial charge in [-0.15, -0.1) is 0 Å². The topological polar surface area (TPSA) is 60.2 Å². The average Bonchev–Trinajstić information content (AvgIpc) is 2.28. The van der Waals surface area contributed by atoms with Gasteiger partial charge < -0.3 is 15.8 Å². The van der Waals surface area contributed by atoms with Crippen molar-refractivity contribution in [2.24, 2.45) is 11.7 Å². The fourth-order valence-electron chi connectivity index (χ4n) is 1.50. The van der Waals surface area contributed by atoms with Gasteiger partial charge in [-0.3, -0.25) is 4.98 Å². The number of rotatable bonds is 6. The number of nitrogens with one attached hydrogen (secondary N) is 1. The number of methoxy groups -OCH3 is 1. The number of ether oxygens (including phenoxy) is 1. The molecule has 1 heterocycles. The van der Waals surface area contributed by atoms with E-state index in [1.54, 1.807) is 19.5 Å². The Balaban J connectivity index is 2.88. The zero-order valence-electron chi connectivity index (χ0n) is 10.4. The van der Waals surface area contributed by atoms with E-state index < -0.39 is 0 Å². The zero-order valence-corrected chi connectivity index (χ0v) is 11.3. The third-order valence-electron chi connectivity index (χ3n) is 2.58. The van der Waals surface area contributed by atoms with Crippen LogP contribution in [-0.2, 0) is 4.74 Å². The normalized spacial score (nSPS) is 12.5. The lowest BCUT2D eigenvalue weighted by Crippen LogP contribution is -2.31. The summed E-state index contributed by atoms with van der Waals surface area (Å²) >= 11 is 5.01. The summed E-state index contributed by atoms with van der Waals surface area (Å²) in [4.78, 5) is 4.45. The molecule has 4 nitrogen and oxygen atoms in total. The van der Waals surface area contributed by atoms with Crippen LogP contribution in [0.4, 0.5) is 5.69 Å². The summed E-state index contributed by atoms with van der Waals surface area (Å²) in [6.45, 7) is 4.89. The third-order valence-corrected chi connectivity index (χ3v) is 2.80. The number of nitrogens with two attached hydrogens (primary N) is 1. The predicted octanol–water partition coefficient (Wildman–Crippen LogP) is 1.80. The first kappa shape index (κ1) is 13.9. The minimum atomic E-state index is 0.206. The maximum Gasteiger partial charge on any atom is 0.106 e. The SMILES string of the molecule is COCC(Nc1cnccc1C(N)=S)C(C)C. The smallest absolute Gasteiger partial charge is 0.106 e. The van der Waals surface area contributed by atoms with Crippen LogP contribution in [0.2, 0.25) is 0 Å². The van der Waals surface area contributed by atoms with Crippen LogP contribution in [0.15, 0.2) is 18.5 Å². The van der Waals surface area contributed by atoms with Gasteiger partial charge in [-0.2, -0.15) is 0 Å². The Morgan fingerprint density at radius 2 is 2.29 bits per heavy atom. The lowest BCUT2D eigenvalue weighted by atomic mass is 10.0. The molecule has 0 aromatic carbocycles. The number of nitrogens with zero attached hydrogens (tertiary/aromatic N) is 1. The highest BCUT2D eigenvalue weighted by Gasteiger charge is 2.15. The van der Waals surface area contributed by atoms with Crippen molar-refractivity contribution in [2.75, 3.05) is 19.0 Å². The summed E-state index contributed by atoms with van der Waals surface area (Å²) in [7, 11) is 1.69. The van der Waals surface area contributed by atoms with Crippen LogP contribution < -0.4 is 11.1 Å². The van der Waals surface area contributed by atoms with E-state index in [0.29, 0.717) is 17.5 Å². The van der Waals surface area contributed by atoms with E-state index in [1.807, 2.05) is 6.07 Å².